The molecule has 0 aromatic heterocycles. The first-order valence-corrected chi connectivity index (χ1v) is 13.9. The molecule has 0 aliphatic carbocycles. The van der Waals surface area contributed by atoms with E-state index < -0.39 is 20.0 Å². The van der Waals surface area contributed by atoms with Gasteiger partial charge in [-0.25, -0.2) is 16.8 Å². The van der Waals surface area contributed by atoms with E-state index in [4.69, 9.17) is 9.47 Å². The van der Waals surface area contributed by atoms with Crippen LogP contribution in [0.2, 0.25) is 0 Å². The van der Waals surface area contributed by atoms with Crippen LogP contribution in [0.5, 0.6) is 0 Å². The largest absolute Gasteiger partial charge is 0.351 e. The fraction of sp³-hybridized carbons (Fsp3) is 0.478. The molecule has 33 heavy (non-hydrogen) atoms. The molecule has 2 atom stereocenters. The molecule has 0 N–H and O–H groups in total. The Hall–Kier alpha value is -1.82. The van der Waals surface area contributed by atoms with E-state index in [9.17, 15) is 16.8 Å². The van der Waals surface area contributed by atoms with Crippen LogP contribution in [0.3, 0.4) is 0 Å². The zero-order valence-electron chi connectivity index (χ0n) is 18.9. The number of benzene rings is 2. The number of rotatable bonds is 8. The summed E-state index contributed by atoms with van der Waals surface area (Å²) in [5, 5.41) is 0. The zero-order valence-corrected chi connectivity index (χ0v) is 20.5. The van der Waals surface area contributed by atoms with Crippen molar-refractivity contribution in [2.75, 3.05) is 33.0 Å². The van der Waals surface area contributed by atoms with E-state index in [0.717, 1.165) is 11.1 Å². The number of hydrogen-bond donors (Lipinski definition) is 0. The van der Waals surface area contributed by atoms with Crippen LogP contribution in [0, 0.1) is 13.8 Å². The Morgan fingerprint density at radius 1 is 0.697 bits per heavy atom. The molecular weight excluding hydrogens is 464 g/mol. The SMILES string of the molecule is Cc1ccc(S(=O)(=O)N2CC[C@@H](OCO[C@@H]3CCN(S(=O)(=O)c4ccc(C)cc4)C3)C2)cc1. The molecule has 2 heterocycles. The average molecular weight is 495 g/mol. The summed E-state index contributed by atoms with van der Waals surface area (Å²) in [6, 6.07) is 13.6. The van der Waals surface area contributed by atoms with Crippen molar-refractivity contribution in [2.24, 2.45) is 0 Å². The van der Waals surface area contributed by atoms with Crippen molar-refractivity contribution in [1.29, 1.82) is 0 Å². The molecule has 0 amide bonds. The molecule has 4 rings (SSSR count). The predicted molar refractivity (Wildman–Crippen MR) is 124 cm³/mol. The summed E-state index contributed by atoms with van der Waals surface area (Å²) in [6.45, 7) is 5.18. The van der Waals surface area contributed by atoms with Gasteiger partial charge in [0.25, 0.3) is 0 Å². The number of ether oxygens (including phenoxy) is 2. The smallest absolute Gasteiger partial charge is 0.243 e. The monoisotopic (exact) mass is 494 g/mol. The van der Waals surface area contributed by atoms with E-state index in [-0.39, 0.29) is 41.9 Å². The second-order valence-corrected chi connectivity index (χ2v) is 12.5. The molecule has 0 spiro atoms. The van der Waals surface area contributed by atoms with Crippen LogP contribution >= 0.6 is 0 Å². The first-order chi connectivity index (χ1) is 15.7. The van der Waals surface area contributed by atoms with Crippen LogP contribution in [0.4, 0.5) is 0 Å². The van der Waals surface area contributed by atoms with Gasteiger partial charge in [0.05, 0.1) is 22.0 Å². The third-order valence-corrected chi connectivity index (χ3v) is 9.90. The molecule has 10 heteroatoms. The standard InChI is InChI=1S/C23H30N2O6S2/c1-18-3-7-22(8-4-18)32(26,27)24-13-11-20(15-24)30-17-31-21-12-14-25(16-21)33(28,29)23-9-5-19(2)6-10-23/h3-10,20-21H,11-17H2,1-2H3/t20-,21-/m1/s1. The Bertz CT molecular complexity index is 1070. The molecule has 2 aromatic carbocycles. The number of aryl methyl sites for hydroxylation is 2. The van der Waals surface area contributed by atoms with Crippen molar-refractivity contribution < 1.29 is 26.3 Å². The van der Waals surface area contributed by atoms with Gasteiger partial charge in [-0.2, -0.15) is 8.61 Å². The summed E-state index contributed by atoms with van der Waals surface area (Å²) >= 11 is 0. The normalized spacial score (nSPS) is 22.7. The van der Waals surface area contributed by atoms with Crippen molar-refractivity contribution in [2.45, 2.75) is 48.7 Å². The van der Waals surface area contributed by atoms with Gasteiger partial charge in [0, 0.05) is 26.2 Å². The quantitative estimate of drug-likeness (QED) is 0.524. The fourth-order valence-corrected chi connectivity index (χ4v) is 7.03. The summed E-state index contributed by atoms with van der Waals surface area (Å²) in [5.41, 5.74) is 2.01. The van der Waals surface area contributed by atoms with Crippen molar-refractivity contribution in [1.82, 2.24) is 8.61 Å². The number of sulfonamides is 2. The van der Waals surface area contributed by atoms with Crippen LogP contribution < -0.4 is 0 Å². The van der Waals surface area contributed by atoms with E-state index in [1.807, 2.05) is 13.8 Å². The highest BCUT2D eigenvalue weighted by molar-refractivity contribution is 7.89. The fourth-order valence-electron chi connectivity index (χ4n) is 4.05. The highest BCUT2D eigenvalue weighted by Gasteiger charge is 2.35. The summed E-state index contributed by atoms with van der Waals surface area (Å²) < 4.78 is 65.7. The van der Waals surface area contributed by atoms with Gasteiger partial charge in [0.1, 0.15) is 6.79 Å². The highest BCUT2D eigenvalue weighted by Crippen LogP contribution is 2.25. The molecule has 0 unspecified atom stereocenters. The van der Waals surface area contributed by atoms with Gasteiger partial charge in [-0.3, -0.25) is 0 Å². The van der Waals surface area contributed by atoms with Crippen LogP contribution in [0.15, 0.2) is 58.3 Å². The summed E-state index contributed by atoms with van der Waals surface area (Å²) in [4.78, 5) is 0.566. The molecule has 2 aliphatic heterocycles. The summed E-state index contributed by atoms with van der Waals surface area (Å²) in [5.74, 6) is 0. The predicted octanol–water partition coefficient (Wildman–Crippen LogP) is 2.52. The Kier molecular flexibility index (Phi) is 7.23. The third-order valence-electron chi connectivity index (χ3n) is 6.14. The number of nitrogens with zero attached hydrogens (tertiary/aromatic N) is 2. The first kappa shape index (κ1) is 24.3. The van der Waals surface area contributed by atoms with Gasteiger partial charge >= 0.3 is 0 Å². The summed E-state index contributed by atoms with van der Waals surface area (Å²) in [6.07, 6.45) is 0.679. The van der Waals surface area contributed by atoms with Gasteiger partial charge in [0.2, 0.25) is 20.0 Å². The minimum atomic E-state index is -3.54. The molecule has 180 valence electrons. The van der Waals surface area contributed by atoms with E-state index in [0.29, 0.717) is 25.9 Å². The molecule has 2 saturated heterocycles. The minimum Gasteiger partial charge on any atom is -0.351 e. The molecule has 2 aromatic rings. The Morgan fingerprint density at radius 2 is 1.06 bits per heavy atom. The molecule has 0 radical (unpaired) electrons. The van der Waals surface area contributed by atoms with Crippen LogP contribution in [-0.2, 0) is 29.5 Å². The Morgan fingerprint density at radius 3 is 1.42 bits per heavy atom. The first-order valence-electron chi connectivity index (χ1n) is 11.0. The summed E-state index contributed by atoms with van der Waals surface area (Å²) in [7, 11) is -7.09. The maximum atomic E-state index is 12.8. The second-order valence-electron chi connectivity index (χ2n) is 8.62. The van der Waals surface area contributed by atoms with E-state index >= 15 is 0 Å². The Labute approximate surface area is 196 Å². The van der Waals surface area contributed by atoms with Gasteiger partial charge in [-0.15, -0.1) is 0 Å². The maximum Gasteiger partial charge on any atom is 0.243 e. The lowest BCUT2D eigenvalue weighted by Gasteiger charge is -2.19. The van der Waals surface area contributed by atoms with Crippen molar-refractivity contribution in [3.05, 3.63) is 59.7 Å². The Balaban J connectivity index is 1.24. The van der Waals surface area contributed by atoms with E-state index in [1.54, 1.807) is 48.5 Å². The minimum absolute atomic E-state index is 0.00612. The third kappa shape index (κ3) is 5.47. The van der Waals surface area contributed by atoms with Crippen molar-refractivity contribution >= 4 is 20.0 Å². The lowest BCUT2D eigenvalue weighted by atomic mass is 10.2. The van der Waals surface area contributed by atoms with Crippen LogP contribution in [0.1, 0.15) is 24.0 Å². The van der Waals surface area contributed by atoms with Crippen LogP contribution in [-0.4, -0.2) is 70.6 Å². The highest BCUT2D eigenvalue weighted by atomic mass is 32.2. The number of hydrogen-bond acceptors (Lipinski definition) is 6. The van der Waals surface area contributed by atoms with Gasteiger partial charge in [-0.05, 0) is 51.0 Å². The molecule has 2 fully saturated rings. The molecule has 8 nitrogen and oxygen atoms in total. The molecular formula is C23H30N2O6S2. The lowest BCUT2D eigenvalue weighted by molar-refractivity contribution is -0.109. The van der Waals surface area contributed by atoms with Crippen molar-refractivity contribution in [3.63, 3.8) is 0 Å². The molecule has 0 bridgehead atoms. The maximum absolute atomic E-state index is 12.8. The second kappa shape index (κ2) is 9.81. The topological polar surface area (TPSA) is 93.2 Å². The zero-order chi connectivity index (χ0) is 23.6. The van der Waals surface area contributed by atoms with E-state index in [1.165, 1.54) is 8.61 Å². The molecule has 2 aliphatic rings. The average Bonchev–Trinajstić information content (AvgIpc) is 3.45. The van der Waals surface area contributed by atoms with E-state index in [2.05, 4.69) is 0 Å². The van der Waals surface area contributed by atoms with Gasteiger partial charge in [-0.1, -0.05) is 35.4 Å². The molecule has 0 saturated carbocycles. The van der Waals surface area contributed by atoms with Crippen LogP contribution in [0.25, 0.3) is 0 Å². The van der Waals surface area contributed by atoms with Crippen molar-refractivity contribution in [3.8, 4) is 0 Å². The van der Waals surface area contributed by atoms with Gasteiger partial charge < -0.3 is 9.47 Å². The van der Waals surface area contributed by atoms with Gasteiger partial charge in [0.15, 0.2) is 0 Å². The lowest BCUT2D eigenvalue weighted by Crippen LogP contribution is -2.31.